The lowest BCUT2D eigenvalue weighted by Crippen LogP contribution is -2.39. The van der Waals surface area contributed by atoms with Crippen LogP contribution in [0.4, 0.5) is 0 Å². The lowest BCUT2D eigenvalue weighted by molar-refractivity contribution is -0.131. The van der Waals surface area contributed by atoms with Crippen LogP contribution in [0.25, 0.3) is 10.6 Å². The fourth-order valence-corrected chi connectivity index (χ4v) is 3.77. The normalized spacial score (nSPS) is 14.0. The van der Waals surface area contributed by atoms with Gasteiger partial charge in [0.25, 0.3) is 0 Å². The molecule has 126 valence electrons. The molecule has 0 saturated carbocycles. The van der Waals surface area contributed by atoms with Crippen LogP contribution in [0.15, 0.2) is 29.6 Å². The minimum absolute atomic E-state index is 0.0177. The smallest absolute Gasteiger partial charge is 0.241 e. The molecule has 0 bridgehead atoms. The summed E-state index contributed by atoms with van der Waals surface area (Å²) in [6.45, 7) is 1.64. The van der Waals surface area contributed by atoms with Crippen molar-refractivity contribution >= 4 is 34.8 Å². The zero-order valence-corrected chi connectivity index (χ0v) is 14.7. The highest BCUT2D eigenvalue weighted by Crippen LogP contribution is 2.30. The van der Waals surface area contributed by atoms with Crippen LogP contribution in [0.5, 0.6) is 0 Å². The van der Waals surface area contributed by atoms with Crippen molar-refractivity contribution in [3.8, 4) is 10.6 Å². The minimum Gasteiger partial charge on any atom is -0.347 e. The first-order valence-corrected chi connectivity index (χ1v) is 9.13. The summed E-state index contributed by atoms with van der Waals surface area (Å²) in [6.07, 6.45) is 2.25. The van der Waals surface area contributed by atoms with Gasteiger partial charge < -0.3 is 10.2 Å². The number of rotatable bonds is 5. The van der Waals surface area contributed by atoms with Gasteiger partial charge in [-0.1, -0.05) is 29.8 Å². The lowest BCUT2D eigenvalue weighted by Gasteiger charge is -2.15. The first kappa shape index (κ1) is 16.9. The maximum absolute atomic E-state index is 12.0. The van der Waals surface area contributed by atoms with Gasteiger partial charge in [-0.3, -0.25) is 9.59 Å². The number of nitrogens with one attached hydrogen (secondary N) is 1. The van der Waals surface area contributed by atoms with E-state index >= 15 is 0 Å². The van der Waals surface area contributed by atoms with Gasteiger partial charge in [-0.2, -0.15) is 0 Å². The Morgan fingerprint density at radius 1 is 1.25 bits per heavy atom. The largest absolute Gasteiger partial charge is 0.347 e. The van der Waals surface area contributed by atoms with Crippen molar-refractivity contribution in [3.05, 3.63) is 40.4 Å². The van der Waals surface area contributed by atoms with Crippen LogP contribution >= 0.6 is 22.9 Å². The Balaban J connectivity index is 1.54. The molecular formula is C17H18ClN3O2S. The van der Waals surface area contributed by atoms with Crippen LogP contribution in [0.2, 0.25) is 5.02 Å². The van der Waals surface area contributed by atoms with Crippen LogP contribution in [0, 0.1) is 0 Å². The van der Waals surface area contributed by atoms with Gasteiger partial charge in [-0.15, -0.1) is 11.3 Å². The van der Waals surface area contributed by atoms with Crippen molar-refractivity contribution in [1.82, 2.24) is 15.2 Å². The van der Waals surface area contributed by atoms with Gasteiger partial charge >= 0.3 is 0 Å². The van der Waals surface area contributed by atoms with Crippen LogP contribution in [0.1, 0.15) is 18.5 Å². The maximum Gasteiger partial charge on any atom is 0.241 e. The standard InChI is InChI=1S/C17H18ClN3O2S/c18-14-6-2-1-5-13(14)17-20-12(11-24-17)9-15(22)19-10-16(23)21-7-3-4-8-21/h1-2,5-6,11H,3-4,7-10H2,(H,19,22). The molecule has 1 aliphatic rings. The highest BCUT2D eigenvalue weighted by molar-refractivity contribution is 7.13. The van der Waals surface area contributed by atoms with E-state index < -0.39 is 0 Å². The van der Waals surface area contributed by atoms with Crippen LogP contribution in [0.3, 0.4) is 0 Å². The zero-order chi connectivity index (χ0) is 16.9. The third-order valence-corrected chi connectivity index (χ3v) is 5.15. The monoisotopic (exact) mass is 363 g/mol. The highest BCUT2D eigenvalue weighted by Gasteiger charge is 2.18. The number of thiazole rings is 1. The van der Waals surface area contributed by atoms with E-state index in [-0.39, 0.29) is 24.8 Å². The van der Waals surface area contributed by atoms with Gasteiger partial charge in [0.05, 0.1) is 23.7 Å². The number of likely N-dealkylation sites (tertiary alicyclic amines) is 1. The van der Waals surface area contributed by atoms with Crippen LogP contribution < -0.4 is 5.32 Å². The Bertz CT molecular complexity index is 741. The van der Waals surface area contributed by atoms with Crippen molar-refractivity contribution < 1.29 is 9.59 Å². The fraction of sp³-hybridized carbons (Fsp3) is 0.353. The molecule has 2 amide bonds. The van der Waals surface area contributed by atoms with Gasteiger partial charge in [-0.05, 0) is 18.9 Å². The number of hydrogen-bond acceptors (Lipinski definition) is 4. The van der Waals surface area contributed by atoms with Crippen molar-refractivity contribution in [1.29, 1.82) is 0 Å². The second-order valence-corrected chi connectivity index (χ2v) is 6.93. The van der Waals surface area contributed by atoms with Crippen molar-refractivity contribution in [2.45, 2.75) is 19.3 Å². The topological polar surface area (TPSA) is 62.3 Å². The Hall–Kier alpha value is -1.92. The molecular weight excluding hydrogens is 346 g/mol. The molecule has 2 heterocycles. The van der Waals surface area contributed by atoms with E-state index in [1.807, 2.05) is 29.6 Å². The third kappa shape index (κ3) is 4.13. The number of carbonyl (C=O) groups is 2. The summed E-state index contributed by atoms with van der Waals surface area (Å²) in [5.74, 6) is -0.213. The molecule has 1 aromatic heterocycles. The van der Waals surface area contributed by atoms with E-state index in [9.17, 15) is 9.59 Å². The van der Waals surface area contributed by atoms with Gasteiger partial charge in [0.1, 0.15) is 5.01 Å². The molecule has 1 aromatic carbocycles. The zero-order valence-electron chi connectivity index (χ0n) is 13.1. The Labute approximate surface area is 149 Å². The van der Waals surface area contributed by atoms with Gasteiger partial charge in [-0.25, -0.2) is 4.98 Å². The first-order valence-electron chi connectivity index (χ1n) is 7.87. The molecule has 1 N–H and O–H groups in total. The number of amides is 2. The predicted octanol–water partition coefficient (Wildman–Crippen LogP) is 2.74. The van der Waals surface area contributed by atoms with Crippen LogP contribution in [-0.4, -0.2) is 41.3 Å². The molecule has 2 aromatic rings. The van der Waals surface area contributed by atoms with Gasteiger partial charge in [0.15, 0.2) is 0 Å². The summed E-state index contributed by atoms with van der Waals surface area (Å²) in [5.41, 5.74) is 1.54. The average Bonchev–Trinajstić information content (AvgIpc) is 3.25. The molecule has 3 rings (SSSR count). The first-order chi connectivity index (χ1) is 11.6. The lowest BCUT2D eigenvalue weighted by atomic mass is 10.2. The Morgan fingerprint density at radius 2 is 2.00 bits per heavy atom. The van der Waals surface area contributed by atoms with Crippen molar-refractivity contribution in [2.24, 2.45) is 0 Å². The molecule has 1 saturated heterocycles. The summed E-state index contributed by atoms with van der Waals surface area (Å²) in [6, 6.07) is 7.48. The van der Waals surface area contributed by atoms with E-state index in [0.29, 0.717) is 10.7 Å². The number of benzene rings is 1. The summed E-state index contributed by atoms with van der Waals surface area (Å²) in [4.78, 5) is 30.2. The molecule has 0 unspecified atom stereocenters. The Kier molecular flexibility index (Phi) is 5.48. The number of hydrogen-bond donors (Lipinski definition) is 1. The molecule has 0 aliphatic carbocycles. The fourth-order valence-electron chi connectivity index (χ4n) is 2.63. The summed E-state index contributed by atoms with van der Waals surface area (Å²) in [7, 11) is 0. The van der Waals surface area contributed by atoms with E-state index in [0.717, 1.165) is 36.5 Å². The van der Waals surface area contributed by atoms with Crippen LogP contribution in [-0.2, 0) is 16.0 Å². The quantitative estimate of drug-likeness (QED) is 0.888. The number of aromatic nitrogens is 1. The molecule has 0 spiro atoms. The van der Waals surface area contributed by atoms with E-state index in [4.69, 9.17) is 11.6 Å². The van der Waals surface area contributed by atoms with Gasteiger partial charge in [0.2, 0.25) is 11.8 Å². The predicted molar refractivity (Wildman–Crippen MR) is 95.1 cm³/mol. The average molecular weight is 364 g/mol. The summed E-state index contributed by atoms with van der Waals surface area (Å²) in [5, 5.41) is 5.95. The maximum atomic E-state index is 12.0. The minimum atomic E-state index is -0.196. The number of nitrogens with zero attached hydrogens (tertiary/aromatic N) is 2. The molecule has 1 fully saturated rings. The third-order valence-electron chi connectivity index (χ3n) is 3.89. The second-order valence-electron chi connectivity index (χ2n) is 5.67. The molecule has 24 heavy (non-hydrogen) atoms. The summed E-state index contributed by atoms with van der Waals surface area (Å²) >= 11 is 7.62. The Morgan fingerprint density at radius 3 is 2.75 bits per heavy atom. The number of halogens is 1. The molecule has 5 nitrogen and oxygen atoms in total. The molecule has 7 heteroatoms. The highest BCUT2D eigenvalue weighted by atomic mass is 35.5. The van der Waals surface area contributed by atoms with Crippen molar-refractivity contribution in [2.75, 3.05) is 19.6 Å². The number of carbonyl (C=O) groups excluding carboxylic acids is 2. The van der Waals surface area contributed by atoms with Gasteiger partial charge in [0, 0.05) is 24.0 Å². The second kappa shape index (κ2) is 7.77. The van der Waals surface area contributed by atoms with E-state index in [2.05, 4.69) is 10.3 Å². The SMILES string of the molecule is O=C(Cc1csc(-c2ccccc2Cl)n1)NCC(=O)N1CCCC1. The molecule has 1 aliphatic heterocycles. The van der Waals surface area contributed by atoms with E-state index in [1.165, 1.54) is 11.3 Å². The van der Waals surface area contributed by atoms with Crippen molar-refractivity contribution in [3.63, 3.8) is 0 Å². The molecule has 0 radical (unpaired) electrons. The summed E-state index contributed by atoms with van der Waals surface area (Å²) < 4.78 is 0. The molecule has 0 atom stereocenters. The van der Waals surface area contributed by atoms with E-state index in [1.54, 1.807) is 4.90 Å².